The molecule has 1 saturated heterocycles. The van der Waals surface area contributed by atoms with Crippen LogP contribution in [-0.2, 0) is 6.54 Å². The molecule has 0 radical (unpaired) electrons. The number of likely N-dealkylation sites (tertiary alicyclic amines) is 1. The molecule has 0 amide bonds. The summed E-state index contributed by atoms with van der Waals surface area (Å²) in [6, 6.07) is 8.81. The Morgan fingerprint density at radius 3 is 2.40 bits per heavy atom. The van der Waals surface area contributed by atoms with Gasteiger partial charge in [0.1, 0.15) is 6.29 Å². The molecule has 3 heteroatoms. The summed E-state index contributed by atoms with van der Waals surface area (Å²) in [6.45, 7) is 4.63. The molecule has 0 spiro atoms. The molecule has 1 heterocycles. The smallest absolute Gasteiger partial charge is 0.150 e. The van der Waals surface area contributed by atoms with Crippen LogP contribution < -0.4 is 5.32 Å². The average molecular weight is 272 g/mol. The number of rotatable bonds is 6. The molecule has 20 heavy (non-hydrogen) atoms. The minimum absolute atomic E-state index is 0.763. The van der Waals surface area contributed by atoms with Gasteiger partial charge in [0.05, 0.1) is 0 Å². The van der Waals surface area contributed by atoms with E-state index in [4.69, 9.17) is 0 Å². The van der Waals surface area contributed by atoms with Crippen LogP contribution in [0.3, 0.4) is 0 Å². The molecule has 0 unspecified atom stereocenters. The van der Waals surface area contributed by atoms with Crippen molar-refractivity contribution < 1.29 is 4.79 Å². The van der Waals surface area contributed by atoms with Crippen molar-refractivity contribution in [1.29, 1.82) is 0 Å². The number of carbonyl (C=O) groups is 1. The number of piperidine rings is 1. The number of hydrogen-bond acceptors (Lipinski definition) is 3. The van der Waals surface area contributed by atoms with Crippen LogP contribution in [0.15, 0.2) is 24.3 Å². The Bertz CT molecular complexity index is 431. The van der Waals surface area contributed by atoms with Crippen LogP contribution in [0.2, 0.25) is 0 Å². The van der Waals surface area contributed by atoms with Crippen molar-refractivity contribution in [2.24, 2.45) is 5.92 Å². The standard InChI is InChI=1S/C17H24N2O/c20-13-16-3-1-15(2-4-16)12-19-9-7-14(8-10-19)11-18-17-5-6-17/h1-4,13-14,17-18H,5-12H2. The van der Waals surface area contributed by atoms with E-state index in [2.05, 4.69) is 22.3 Å². The second-order valence-corrected chi connectivity index (χ2v) is 6.26. The molecule has 0 atom stereocenters. The first-order valence-corrected chi connectivity index (χ1v) is 7.83. The van der Waals surface area contributed by atoms with Gasteiger partial charge >= 0.3 is 0 Å². The molecule has 2 fully saturated rings. The second-order valence-electron chi connectivity index (χ2n) is 6.26. The molecule has 1 aliphatic carbocycles. The highest BCUT2D eigenvalue weighted by molar-refractivity contribution is 5.74. The Hall–Kier alpha value is -1.19. The van der Waals surface area contributed by atoms with Crippen LogP contribution >= 0.6 is 0 Å². The van der Waals surface area contributed by atoms with Gasteiger partial charge in [0.2, 0.25) is 0 Å². The van der Waals surface area contributed by atoms with Crippen molar-refractivity contribution in [1.82, 2.24) is 10.2 Å². The highest BCUT2D eigenvalue weighted by Crippen LogP contribution is 2.22. The van der Waals surface area contributed by atoms with E-state index in [1.54, 1.807) is 0 Å². The van der Waals surface area contributed by atoms with E-state index in [9.17, 15) is 4.79 Å². The molecule has 1 N–H and O–H groups in total. The van der Waals surface area contributed by atoms with Crippen LogP contribution in [0.4, 0.5) is 0 Å². The number of benzene rings is 1. The predicted octanol–water partition coefficient (Wildman–Crippen LogP) is 2.46. The van der Waals surface area contributed by atoms with Crippen LogP contribution in [-0.4, -0.2) is 36.9 Å². The Morgan fingerprint density at radius 1 is 1.10 bits per heavy atom. The van der Waals surface area contributed by atoms with Gasteiger partial charge in [0, 0.05) is 18.2 Å². The van der Waals surface area contributed by atoms with E-state index < -0.39 is 0 Å². The summed E-state index contributed by atoms with van der Waals surface area (Å²) < 4.78 is 0. The van der Waals surface area contributed by atoms with Crippen LogP contribution in [0.25, 0.3) is 0 Å². The fraction of sp³-hybridized carbons (Fsp3) is 0.588. The maximum absolute atomic E-state index is 10.6. The van der Waals surface area contributed by atoms with Gasteiger partial charge in [-0.3, -0.25) is 9.69 Å². The Morgan fingerprint density at radius 2 is 1.80 bits per heavy atom. The minimum Gasteiger partial charge on any atom is -0.314 e. The number of nitrogens with zero attached hydrogens (tertiary/aromatic N) is 1. The fourth-order valence-electron chi connectivity index (χ4n) is 2.93. The Labute approximate surface area is 121 Å². The van der Waals surface area contributed by atoms with Gasteiger partial charge in [-0.1, -0.05) is 24.3 Å². The Balaban J connectivity index is 1.41. The van der Waals surface area contributed by atoms with E-state index in [-0.39, 0.29) is 0 Å². The van der Waals surface area contributed by atoms with Gasteiger partial charge in [-0.2, -0.15) is 0 Å². The summed E-state index contributed by atoms with van der Waals surface area (Å²) in [6.07, 6.45) is 6.30. The first kappa shape index (κ1) is 13.8. The number of carbonyl (C=O) groups excluding carboxylic acids is 1. The summed E-state index contributed by atoms with van der Waals surface area (Å²) >= 11 is 0. The van der Waals surface area contributed by atoms with Crippen molar-refractivity contribution in [2.45, 2.75) is 38.3 Å². The zero-order valence-corrected chi connectivity index (χ0v) is 12.1. The molecule has 1 aliphatic heterocycles. The lowest BCUT2D eigenvalue weighted by Gasteiger charge is -2.32. The molecule has 0 bridgehead atoms. The van der Waals surface area contributed by atoms with Gasteiger partial charge in [-0.05, 0) is 56.8 Å². The van der Waals surface area contributed by atoms with Gasteiger partial charge in [-0.15, -0.1) is 0 Å². The van der Waals surface area contributed by atoms with E-state index in [0.29, 0.717) is 0 Å². The molecule has 3 nitrogen and oxygen atoms in total. The zero-order chi connectivity index (χ0) is 13.8. The molecule has 108 valence electrons. The topological polar surface area (TPSA) is 32.3 Å². The normalized spacial score (nSPS) is 21.0. The van der Waals surface area contributed by atoms with Crippen molar-refractivity contribution in [2.75, 3.05) is 19.6 Å². The largest absolute Gasteiger partial charge is 0.314 e. The summed E-state index contributed by atoms with van der Waals surface area (Å²) in [4.78, 5) is 13.2. The fourth-order valence-corrected chi connectivity index (χ4v) is 2.93. The number of nitrogens with one attached hydrogen (secondary N) is 1. The summed E-state index contributed by atoms with van der Waals surface area (Å²) in [5.74, 6) is 0.865. The van der Waals surface area contributed by atoms with Crippen LogP contribution in [0.5, 0.6) is 0 Å². The molecule has 2 aliphatic rings. The summed E-state index contributed by atoms with van der Waals surface area (Å²) in [7, 11) is 0. The van der Waals surface area contributed by atoms with Gasteiger partial charge < -0.3 is 5.32 Å². The quantitative estimate of drug-likeness (QED) is 0.807. The maximum atomic E-state index is 10.6. The lowest BCUT2D eigenvalue weighted by atomic mass is 9.96. The molecule has 0 aromatic heterocycles. The first-order chi connectivity index (χ1) is 9.83. The van der Waals surface area contributed by atoms with Crippen LogP contribution in [0, 0.1) is 5.92 Å². The van der Waals surface area contributed by atoms with Crippen molar-refractivity contribution in [3.8, 4) is 0 Å². The van der Waals surface area contributed by atoms with Gasteiger partial charge in [0.25, 0.3) is 0 Å². The Kier molecular flexibility index (Phi) is 4.48. The summed E-state index contributed by atoms with van der Waals surface area (Å²) in [5.41, 5.74) is 2.07. The molecule has 1 aromatic rings. The van der Waals surface area contributed by atoms with Gasteiger partial charge in [0.15, 0.2) is 0 Å². The van der Waals surface area contributed by atoms with Crippen LogP contribution in [0.1, 0.15) is 41.6 Å². The van der Waals surface area contributed by atoms with E-state index in [0.717, 1.165) is 30.4 Å². The zero-order valence-electron chi connectivity index (χ0n) is 12.1. The number of hydrogen-bond donors (Lipinski definition) is 1. The second kappa shape index (κ2) is 6.51. The van der Waals surface area contributed by atoms with Crippen molar-refractivity contribution >= 4 is 6.29 Å². The minimum atomic E-state index is 0.763. The third kappa shape index (κ3) is 3.90. The third-order valence-corrected chi connectivity index (χ3v) is 4.50. The van der Waals surface area contributed by atoms with Gasteiger partial charge in [-0.25, -0.2) is 0 Å². The molecule has 3 rings (SSSR count). The highest BCUT2D eigenvalue weighted by Gasteiger charge is 2.24. The monoisotopic (exact) mass is 272 g/mol. The predicted molar refractivity (Wildman–Crippen MR) is 80.9 cm³/mol. The van der Waals surface area contributed by atoms with E-state index in [1.807, 2.05) is 12.1 Å². The highest BCUT2D eigenvalue weighted by atomic mass is 16.1. The first-order valence-electron chi connectivity index (χ1n) is 7.83. The third-order valence-electron chi connectivity index (χ3n) is 4.50. The molecule has 1 saturated carbocycles. The maximum Gasteiger partial charge on any atom is 0.150 e. The molecule has 1 aromatic carbocycles. The summed E-state index contributed by atoms with van der Waals surface area (Å²) in [5, 5.41) is 3.65. The van der Waals surface area contributed by atoms with Crippen molar-refractivity contribution in [3.05, 3.63) is 35.4 Å². The SMILES string of the molecule is O=Cc1ccc(CN2CCC(CNC3CC3)CC2)cc1. The average Bonchev–Trinajstić information content (AvgIpc) is 3.32. The van der Waals surface area contributed by atoms with E-state index >= 15 is 0 Å². The molecular formula is C17H24N2O. The van der Waals surface area contributed by atoms with E-state index in [1.165, 1.54) is 50.9 Å². The lowest BCUT2D eigenvalue weighted by Crippen LogP contribution is -2.37. The number of aldehydes is 1. The lowest BCUT2D eigenvalue weighted by molar-refractivity contribution is 0.112. The molecular weight excluding hydrogens is 248 g/mol. The van der Waals surface area contributed by atoms with Crippen molar-refractivity contribution in [3.63, 3.8) is 0 Å².